The lowest BCUT2D eigenvalue weighted by molar-refractivity contribution is -0.132. The summed E-state index contributed by atoms with van der Waals surface area (Å²) in [6, 6.07) is 0. The van der Waals surface area contributed by atoms with Gasteiger partial charge in [0.1, 0.15) is 0 Å². The van der Waals surface area contributed by atoms with E-state index in [1.807, 2.05) is 7.05 Å². The molecule has 1 saturated carbocycles. The Morgan fingerprint density at radius 3 is 2.40 bits per heavy atom. The van der Waals surface area contributed by atoms with Crippen LogP contribution in [0, 0.1) is 11.3 Å². The van der Waals surface area contributed by atoms with Crippen LogP contribution in [0.4, 0.5) is 0 Å². The lowest BCUT2D eigenvalue weighted by atomic mass is 9.79. The molecule has 1 aliphatic carbocycles. The van der Waals surface area contributed by atoms with E-state index in [2.05, 4.69) is 31.0 Å². The largest absolute Gasteiger partial charge is 0.342 e. The molecule has 0 aromatic carbocycles. The predicted molar refractivity (Wildman–Crippen MR) is 83.6 cm³/mol. The van der Waals surface area contributed by atoms with Crippen molar-refractivity contribution in [3.05, 3.63) is 0 Å². The van der Waals surface area contributed by atoms with Crippen molar-refractivity contribution >= 4 is 5.91 Å². The Balaban J connectivity index is 1.92. The monoisotopic (exact) mass is 280 g/mol. The second-order valence-electron chi connectivity index (χ2n) is 7.96. The minimum absolute atomic E-state index is 0.0785. The van der Waals surface area contributed by atoms with Crippen molar-refractivity contribution in [3.63, 3.8) is 0 Å². The molecular formula is C17H32N2O. The van der Waals surface area contributed by atoms with Crippen LogP contribution in [0.1, 0.15) is 65.7 Å². The van der Waals surface area contributed by atoms with Crippen LogP contribution >= 0.6 is 0 Å². The molecule has 1 unspecified atom stereocenters. The van der Waals surface area contributed by atoms with Gasteiger partial charge in [0.15, 0.2) is 0 Å². The van der Waals surface area contributed by atoms with E-state index in [4.69, 9.17) is 0 Å². The molecule has 20 heavy (non-hydrogen) atoms. The van der Waals surface area contributed by atoms with Crippen molar-refractivity contribution in [2.75, 3.05) is 20.1 Å². The molecule has 2 aliphatic rings. The molecule has 1 N–H and O–H groups in total. The van der Waals surface area contributed by atoms with Gasteiger partial charge in [-0.2, -0.15) is 0 Å². The maximum Gasteiger partial charge on any atom is 0.224 e. The predicted octanol–water partition coefficient (Wildman–Crippen LogP) is 3.19. The Bertz CT molecular complexity index is 339. The first-order valence-corrected chi connectivity index (χ1v) is 8.33. The Hall–Kier alpha value is -0.570. The number of rotatable bonds is 3. The third kappa shape index (κ3) is 3.55. The second kappa shape index (κ2) is 6.05. The molecule has 1 heterocycles. The fourth-order valence-corrected chi connectivity index (χ4v) is 3.84. The molecule has 1 amide bonds. The Kier molecular flexibility index (Phi) is 4.78. The first kappa shape index (κ1) is 15.8. The summed E-state index contributed by atoms with van der Waals surface area (Å²) >= 11 is 0. The van der Waals surface area contributed by atoms with E-state index in [0.717, 1.165) is 25.9 Å². The molecule has 0 bridgehead atoms. The van der Waals surface area contributed by atoms with E-state index in [1.54, 1.807) is 0 Å². The van der Waals surface area contributed by atoms with Crippen LogP contribution in [0.3, 0.4) is 0 Å². The van der Waals surface area contributed by atoms with Gasteiger partial charge in [-0.3, -0.25) is 4.79 Å². The van der Waals surface area contributed by atoms with E-state index in [-0.39, 0.29) is 5.54 Å². The van der Waals surface area contributed by atoms with Gasteiger partial charge in [-0.1, -0.05) is 40.0 Å². The van der Waals surface area contributed by atoms with Crippen LogP contribution in [0.25, 0.3) is 0 Å². The van der Waals surface area contributed by atoms with Gasteiger partial charge < -0.3 is 10.2 Å². The summed E-state index contributed by atoms with van der Waals surface area (Å²) in [5.41, 5.74) is 0.399. The number of nitrogens with one attached hydrogen (secondary N) is 1. The first-order valence-electron chi connectivity index (χ1n) is 8.33. The smallest absolute Gasteiger partial charge is 0.224 e. The zero-order valence-corrected chi connectivity index (χ0v) is 13.8. The molecule has 2 rings (SSSR count). The normalized spacial score (nSPS) is 26.8. The van der Waals surface area contributed by atoms with Crippen LogP contribution in [0.15, 0.2) is 0 Å². The highest BCUT2D eigenvalue weighted by Crippen LogP contribution is 2.35. The van der Waals surface area contributed by atoms with Crippen LogP contribution in [-0.2, 0) is 4.79 Å². The van der Waals surface area contributed by atoms with E-state index in [0.29, 0.717) is 23.7 Å². The summed E-state index contributed by atoms with van der Waals surface area (Å²) in [7, 11) is 2.03. The fourth-order valence-electron chi connectivity index (χ4n) is 3.84. The van der Waals surface area contributed by atoms with Crippen molar-refractivity contribution in [2.24, 2.45) is 11.3 Å². The van der Waals surface area contributed by atoms with Gasteiger partial charge in [-0.05, 0) is 37.6 Å². The highest BCUT2D eigenvalue weighted by molar-refractivity contribution is 5.77. The molecule has 0 spiro atoms. The van der Waals surface area contributed by atoms with Crippen molar-refractivity contribution in [3.8, 4) is 0 Å². The summed E-state index contributed by atoms with van der Waals surface area (Å²) in [5, 5.41) is 3.47. The lowest BCUT2D eigenvalue weighted by Crippen LogP contribution is -2.48. The second-order valence-corrected chi connectivity index (χ2v) is 7.96. The van der Waals surface area contributed by atoms with E-state index >= 15 is 0 Å². The molecule has 116 valence electrons. The summed E-state index contributed by atoms with van der Waals surface area (Å²) in [4.78, 5) is 14.8. The third-order valence-electron chi connectivity index (χ3n) is 5.60. The third-order valence-corrected chi connectivity index (χ3v) is 5.60. The fraction of sp³-hybridized carbons (Fsp3) is 0.941. The van der Waals surface area contributed by atoms with Gasteiger partial charge in [0.2, 0.25) is 5.91 Å². The first-order chi connectivity index (χ1) is 9.36. The van der Waals surface area contributed by atoms with E-state index in [1.165, 1.54) is 25.7 Å². The molecule has 1 atom stereocenters. The van der Waals surface area contributed by atoms with Crippen LogP contribution in [0.2, 0.25) is 0 Å². The van der Waals surface area contributed by atoms with Crippen molar-refractivity contribution in [2.45, 2.75) is 71.3 Å². The van der Waals surface area contributed by atoms with Crippen LogP contribution in [0.5, 0.6) is 0 Å². The maximum atomic E-state index is 12.6. The Labute approximate surface area is 124 Å². The number of carbonyl (C=O) groups excluding carboxylic acids is 1. The zero-order chi connectivity index (χ0) is 14.8. The van der Waals surface area contributed by atoms with Gasteiger partial charge in [0.05, 0.1) is 0 Å². The molecular weight excluding hydrogens is 248 g/mol. The number of amides is 1. The molecule has 0 aromatic heterocycles. The average Bonchev–Trinajstić information content (AvgIpc) is 2.89. The standard InChI is InChI=1S/C17H32N2O/c1-16(2,3)14-8-11-19(13-14)15(20)12-17(18-4)9-6-5-7-10-17/h14,18H,5-13H2,1-4H3. The summed E-state index contributed by atoms with van der Waals surface area (Å²) in [5.74, 6) is 1.02. The number of likely N-dealkylation sites (tertiary alicyclic amines) is 1. The molecule has 0 aromatic rings. The number of carbonyl (C=O) groups is 1. The number of hydrogen-bond acceptors (Lipinski definition) is 2. The molecule has 3 heteroatoms. The number of nitrogens with zero attached hydrogens (tertiary/aromatic N) is 1. The van der Waals surface area contributed by atoms with Gasteiger partial charge in [0, 0.05) is 25.0 Å². The molecule has 2 fully saturated rings. The molecule has 3 nitrogen and oxygen atoms in total. The topological polar surface area (TPSA) is 32.3 Å². The minimum atomic E-state index is 0.0785. The minimum Gasteiger partial charge on any atom is -0.342 e. The highest BCUT2D eigenvalue weighted by atomic mass is 16.2. The highest BCUT2D eigenvalue weighted by Gasteiger charge is 2.38. The molecule has 0 radical (unpaired) electrons. The van der Waals surface area contributed by atoms with E-state index in [9.17, 15) is 4.79 Å². The summed E-state index contributed by atoms with van der Waals surface area (Å²) < 4.78 is 0. The Morgan fingerprint density at radius 1 is 1.25 bits per heavy atom. The van der Waals surface area contributed by atoms with Gasteiger partial charge in [-0.25, -0.2) is 0 Å². The van der Waals surface area contributed by atoms with E-state index < -0.39 is 0 Å². The van der Waals surface area contributed by atoms with Gasteiger partial charge >= 0.3 is 0 Å². The summed E-state index contributed by atoms with van der Waals surface area (Å²) in [6.45, 7) is 8.80. The van der Waals surface area contributed by atoms with Crippen LogP contribution < -0.4 is 5.32 Å². The Morgan fingerprint density at radius 2 is 1.90 bits per heavy atom. The lowest BCUT2D eigenvalue weighted by Gasteiger charge is -2.38. The van der Waals surface area contributed by atoms with Gasteiger partial charge in [0.25, 0.3) is 0 Å². The maximum absolute atomic E-state index is 12.6. The number of hydrogen-bond donors (Lipinski definition) is 1. The molecule has 1 saturated heterocycles. The van der Waals surface area contributed by atoms with Gasteiger partial charge in [-0.15, -0.1) is 0 Å². The quantitative estimate of drug-likeness (QED) is 0.861. The molecule has 1 aliphatic heterocycles. The van der Waals surface area contributed by atoms with Crippen LogP contribution in [-0.4, -0.2) is 36.5 Å². The zero-order valence-electron chi connectivity index (χ0n) is 13.8. The average molecular weight is 280 g/mol. The van der Waals surface area contributed by atoms with Crippen molar-refractivity contribution in [1.82, 2.24) is 10.2 Å². The summed E-state index contributed by atoms with van der Waals surface area (Å²) in [6.07, 6.45) is 8.03. The van der Waals surface area contributed by atoms with Crippen molar-refractivity contribution in [1.29, 1.82) is 0 Å². The SMILES string of the molecule is CNC1(CC(=O)N2CCC(C(C)(C)C)C2)CCCCC1. The van der Waals surface area contributed by atoms with Crippen molar-refractivity contribution < 1.29 is 4.79 Å².